The minimum atomic E-state index is -0.340. The van der Waals surface area contributed by atoms with Crippen molar-refractivity contribution < 1.29 is 4.92 Å². The van der Waals surface area contributed by atoms with E-state index in [1.807, 2.05) is 17.5 Å². The standard InChI is InChI=1S/C13H14N2O2S/c1-10(13-7-4-8-18-13)14-9-11-5-2-3-6-12(11)15(16)17/h2-8,10,14H,9H2,1H3/t10-/m1/s1. The van der Waals surface area contributed by atoms with Gasteiger partial charge in [0.25, 0.3) is 5.69 Å². The van der Waals surface area contributed by atoms with Crippen molar-refractivity contribution in [2.24, 2.45) is 0 Å². The maximum Gasteiger partial charge on any atom is 0.273 e. The van der Waals surface area contributed by atoms with Crippen molar-refractivity contribution in [3.05, 3.63) is 62.3 Å². The van der Waals surface area contributed by atoms with Crippen molar-refractivity contribution >= 4 is 17.0 Å². The van der Waals surface area contributed by atoms with E-state index in [9.17, 15) is 10.1 Å². The third kappa shape index (κ3) is 2.94. The highest BCUT2D eigenvalue weighted by atomic mass is 32.1. The Morgan fingerprint density at radius 1 is 1.33 bits per heavy atom. The van der Waals surface area contributed by atoms with Gasteiger partial charge in [-0.3, -0.25) is 10.1 Å². The van der Waals surface area contributed by atoms with Gasteiger partial charge in [-0.05, 0) is 18.4 Å². The van der Waals surface area contributed by atoms with E-state index >= 15 is 0 Å². The Hall–Kier alpha value is -1.72. The van der Waals surface area contributed by atoms with E-state index in [0.29, 0.717) is 12.1 Å². The van der Waals surface area contributed by atoms with Gasteiger partial charge in [0.05, 0.1) is 4.92 Å². The fourth-order valence-corrected chi connectivity index (χ4v) is 2.50. The number of thiophene rings is 1. The van der Waals surface area contributed by atoms with Crippen molar-refractivity contribution in [1.29, 1.82) is 0 Å². The van der Waals surface area contributed by atoms with Crippen molar-refractivity contribution in [2.75, 3.05) is 0 Å². The summed E-state index contributed by atoms with van der Waals surface area (Å²) >= 11 is 1.68. The molecule has 2 rings (SSSR count). The van der Waals surface area contributed by atoms with Crippen LogP contribution in [0.3, 0.4) is 0 Å². The van der Waals surface area contributed by atoms with Crippen LogP contribution >= 0.6 is 11.3 Å². The monoisotopic (exact) mass is 262 g/mol. The van der Waals surface area contributed by atoms with Crippen molar-refractivity contribution in [3.8, 4) is 0 Å². The summed E-state index contributed by atoms with van der Waals surface area (Å²) in [7, 11) is 0. The van der Waals surface area contributed by atoms with Crippen LogP contribution in [0.5, 0.6) is 0 Å². The first-order chi connectivity index (χ1) is 8.68. The second-order valence-electron chi connectivity index (χ2n) is 4.00. The summed E-state index contributed by atoms with van der Waals surface area (Å²) in [6.07, 6.45) is 0. The van der Waals surface area contributed by atoms with Crippen LogP contribution in [-0.2, 0) is 6.54 Å². The zero-order chi connectivity index (χ0) is 13.0. The average Bonchev–Trinajstić information content (AvgIpc) is 2.90. The molecule has 4 nitrogen and oxygen atoms in total. The molecule has 1 heterocycles. The third-order valence-electron chi connectivity index (χ3n) is 2.76. The molecular formula is C13H14N2O2S. The molecule has 0 bridgehead atoms. The van der Waals surface area contributed by atoms with E-state index in [1.165, 1.54) is 10.9 Å². The number of rotatable bonds is 5. The SMILES string of the molecule is C[C@@H](NCc1ccccc1[N+](=O)[O-])c1cccs1. The lowest BCUT2D eigenvalue weighted by molar-refractivity contribution is -0.385. The number of nitro benzene ring substituents is 1. The molecule has 0 radical (unpaired) electrons. The normalized spacial score (nSPS) is 12.3. The predicted molar refractivity (Wildman–Crippen MR) is 72.7 cm³/mol. The minimum absolute atomic E-state index is 0.170. The molecule has 1 N–H and O–H groups in total. The van der Waals surface area contributed by atoms with Crippen molar-refractivity contribution in [3.63, 3.8) is 0 Å². The average molecular weight is 262 g/mol. The van der Waals surface area contributed by atoms with Crippen LogP contribution in [0.15, 0.2) is 41.8 Å². The number of nitro groups is 1. The lowest BCUT2D eigenvalue weighted by Gasteiger charge is -2.12. The van der Waals surface area contributed by atoms with E-state index in [2.05, 4.69) is 18.3 Å². The van der Waals surface area contributed by atoms with Crippen LogP contribution in [0, 0.1) is 10.1 Å². The molecule has 5 heteroatoms. The van der Waals surface area contributed by atoms with Crippen LogP contribution in [0.2, 0.25) is 0 Å². The molecule has 94 valence electrons. The summed E-state index contributed by atoms with van der Waals surface area (Å²) in [5, 5.41) is 16.2. The minimum Gasteiger partial charge on any atom is -0.305 e. The number of hydrogen-bond acceptors (Lipinski definition) is 4. The van der Waals surface area contributed by atoms with Gasteiger partial charge in [-0.2, -0.15) is 0 Å². The molecule has 1 atom stereocenters. The summed E-state index contributed by atoms with van der Waals surface area (Å²) in [5.74, 6) is 0. The van der Waals surface area contributed by atoms with Gasteiger partial charge in [0.1, 0.15) is 0 Å². The van der Waals surface area contributed by atoms with Crippen LogP contribution in [0.4, 0.5) is 5.69 Å². The summed E-state index contributed by atoms with van der Waals surface area (Å²) in [6.45, 7) is 2.55. The molecule has 1 aromatic heterocycles. The van der Waals surface area contributed by atoms with Gasteiger partial charge < -0.3 is 5.32 Å². The molecule has 2 aromatic rings. The number of nitrogens with one attached hydrogen (secondary N) is 1. The molecule has 0 spiro atoms. The smallest absolute Gasteiger partial charge is 0.273 e. The van der Waals surface area contributed by atoms with Gasteiger partial charge in [-0.1, -0.05) is 24.3 Å². The van der Waals surface area contributed by atoms with Gasteiger partial charge in [-0.25, -0.2) is 0 Å². The van der Waals surface area contributed by atoms with Crippen LogP contribution in [-0.4, -0.2) is 4.92 Å². The number of nitrogens with zero attached hydrogens (tertiary/aromatic N) is 1. The quantitative estimate of drug-likeness (QED) is 0.662. The molecule has 0 saturated heterocycles. The van der Waals surface area contributed by atoms with Gasteiger partial charge in [0, 0.05) is 29.1 Å². The molecule has 1 aromatic carbocycles. The summed E-state index contributed by atoms with van der Waals surface area (Å²) in [5.41, 5.74) is 0.884. The first-order valence-corrected chi connectivity index (χ1v) is 6.55. The fraction of sp³-hybridized carbons (Fsp3) is 0.231. The summed E-state index contributed by atoms with van der Waals surface area (Å²) < 4.78 is 0. The summed E-state index contributed by atoms with van der Waals surface area (Å²) in [6, 6.07) is 11.1. The van der Waals surface area contributed by atoms with Gasteiger partial charge in [0.2, 0.25) is 0 Å². The second-order valence-corrected chi connectivity index (χ2v) is 4.98. The van der Waals surface area contributed by atoms with Gasteiger partial charge in [0.15, 0.2) is 0 Å². The lowest BCUT2D eigenvalue weighted by atomic mass is 10.1. The maximum absolute atomic E-state index is 10.9. The Labute approximate surface area is 109 Å². The van der Waals surface area contributed by atoms with E-state index in [0.717, 1.165) is 0 Å². The van der Waals surface area contributed by atoms with Crippen LogP contribution < -0.4 is 5.32 Å². The number of benzene rings is 1. The maximum atomic E-state index is 10.9. The van der Waals surface area contributed by atoms with E-state index in [4.69, 9.17) is 0 Å². The first kappa shape index (κ1) is 12.7. The molecule has 0 unspecified atom stereocenters. The van der Waals surface area contributed by atoms with Crippen molar-refractivity contribution in [1.82, 2.24) is 5.32 Å². The van der Waals surface area contributed by atoms with E-state index in [1.54, 1.807) is 23.5 Å². The van der Waals surface area contributed by atoms with Gasteiger partial charge in [-0.15, -0.1) is 11.3 Å². The first-order valence-electron chi connectivity index (χ1n) is 5.67. The second kappa shape index (κ2) is 5.75. The Kier molecular flexibility index (Phi) is 4.07. The molecule has 0 aliphatic carbocycles. The molecular weight excluding hydrogens is 248 g/mol. The zero-order valence-corrected chi connectivity index (χ0v) is 10.8. The Morgan fingerprint density at radius 3 is 2.78 bits per heavy atom. The molecule has 0 fully saturated rings. The molecule has 0 aliphatic heterocycles. The zero-order valence-electron chi connectivity index (χ0n) is 10.00. The lowest BCUT2D eigenvalue weighted by Crippen LogP contribution is -2.17. The highest BCUT2D eigenvalue weighted by Crippen LogP contribution is 2.21. The number of hydrogen-bond donors (Lipinski definition) is 1. The topological polar surface area (TPSA) is 55.2 Å². The highest BCUT2D eigenvalue weighted by molar-refractivity contribution is 7.10. The summed E-state index contributed by atoms with van der Waals surface area (Å²) in [4.78, 5) is 11.8. The van der Waals surface area contributed by atoms with E-state index < -0.39 is 0 Å². The Balaban J connectivity index is 2.04. The van der Waals surface area contributed by atoms with Gasteiger partial charge >= 0.3 is 0 Å². The third-order valence-corrected chi connectivity index (χ3v) is 3.81. The molecule has 0 aliphatic rings. The Morgan fingerprint density at radius 2 is 2.11 bits per heavy atom. The largest absolute Gasteiger partial charge is 0.305 e. The molecule has 18 heavy (non-hydrogen) atoms. The highest BCUT2D eigenvalue weighted by Gasteiger charge is 2.13. The van der Waals surface area contributed by atoms with Crippen molar-refractivity contribution in [2.45, 2.75) is 19.5 Å². The van der Waals surface area contributed by atoms with Crippen LogP contribution in [0.1, 0.15) is 23.4 Å². The predicted octanol–water partition coefficient (Wildman–Crippen LogP) is 3.51. The van der Waals surface area contributed by atoms with Crippen LogP contribution in [0.25, 0.3) is 0 Å². The molecule has 0 amide bonds. The van der Waals surface area contributed by atoms with E-state index in [-0.39, 0.29) is 16.7 Å². The molecule has 0 saturated carbocycles. The Bertz CT molecular complexity index is 526. The fourth-order valence-electron chi connectivity index (χ4n) is 1.74. The number of para-hydroxylation sites is 1.